The van der Waals surface area contributed by atoms with E-state index in [1.807, 2.05) is 48.5 Å². The Bertz CT molecular complexity index is 1160. The standard InChI is InChI=1S/C26H22O3S2/c1-30-21-11-12-24(29-17-19-5-3-2-4-6-19)23(16-21)22-13-14-31-26(22)20-9-7-18(8-10-20)15-25(27)28/h2-14,16H,15,17H2,1H3,(H,27,28)/p-1. The van der Waals surface area contributed by atoms with Gasteiger partial charge in [-0.15, -0.1) is 23.1 Å². The first kappa shape index (κ1) is 21.2. The molecular formula is C26H21O3S2-. The Hall–Kier alpha value is -3.02. The SMILES string of the molecule is CSc1ccc(OCc2ccccc2)c(-c2ccsc2-c2ccc(CC(=O)[O-])cc2)c1. The molecule has 0 atom stereocenters. The van der Waals surface area contributed by atoms with Crippen LogP contribution in [-0.2, 0) is 17.8 Å². The van der Waals surface area contributed by atoms with Crippen molar-refractivity contribution in [3.05, 3.63) is 95.4 Å². The van der Waals surface area contributed by atoms with Crippen molar-refractivity contribution in [1.29, 1.82) is 0 Å². The van der Waals surface area contributed by atoms with E-state index in [0.717, 1.165) is 38.4 Å². The number of hydrogen-bond donors (Lipinski definition) is 0. The minimum Gasteiger partial charge on any atom is -0.550 e. The Morgan fingerprint density at radius 1 is 0.935 bits per heavy atom. The first-order valence-electron chi connectivity index (χ1n) is 9.86. The van der Waals surface area contributed by atoms with Gasteiger partial charge in [0.15, 0.2) is 0 Å². The maximum absolute atomic E-state index is 10.9. The second-order valence-corrected chi connectivity index (χ2v) is 8.84. The normalized spacial score (nSPS) is 10.7. The average molecular weight is 446 g/mol. The highest BCUT2D eigenvalue weighted by Gasteiger charge is 2.15. The van der Waals surface area contributed by atoms with E-state index in [1.165, 1.54) is 4.90 Å². The van der Waals surface area contributed by atoms with Crippen LogP contribution < -0.4 is 9.84 Å². The van der Waals surface area contributed by atoms with Gasteiger partial charge in [-0.05, 0) is 52.6 Å². The van der Waals surface area contributed by atoms with Crippen LogP contribution in [0.3, 0.4) is 0 Å². The first-order valence-corrected chi connectivity index (χ1v) is 12.0. The Labute approximate surface area is 190 Å². The first-order chi connectivity index (χ1) is 15.1. The number of benzene rings is 3. The number of carbonyl (C=O) groups is 1. The van der Waals surface area contributed by atoms with Crippen LogP contribution in [0, 0.1) is 0 Å². The molecule has 0 spiro atoms. The molecule has 0 aliphatic carbocycles. The average Bonchev–Trinajstić information content (AvgIpc) is 3.28. The van der Waals surface area contributed by atoms with Crippen molar-refractivity contribution in [3.8, 4) is 27.3 Å². The number of thioether (sulfide) groups is 1. The van der Waals surface area contributed by atoms with Gasteiger partial charge in [0.1, 0.15) is 12.4 Å². The highest BCUT2D eigenvalue weighted by molar-refractivity contribution is 7.98. The largest absolute Gasteiger partial charge is 0.550 e. The number of ether oxygens (including phenoxy) is 1. The second kappa shape index (κ2) is 9.86. The molecule has 1 heterocycles. The van der Waals surface area contributed by atoms with Crippen molar-refractivity contribution >= 4 is 29.1 Å². The summed E-state index contributed by atoms with van der Waals surface area (Å²) in [5, 5.41) is 12.9. The number of hydrogen-bond acceptors (Lipinski definition) is 5. The number of carboxylic acids is 1. The van der Waals surface area contributed by atoms with Crippen LogP contribution in [0.1, 0.15) is 11.1 Å². The van der Waals surface area contributed by atoms with Crippen molar-refractivity contribution in [2.45, 2.75) is 17.9 Å². The van der Waals surface area contributed by atoms with E-state index >= 15 is 0 Å². The topological polar surface area (TPSA) is 49.4 Å². The van der Waals surface area contributed by atoms with E-state index in [-0.39, 0.29) is 6.42 Å². The molecule has 5 heteroatoms. The predicted octanol–water partition coefficient (Wildman–Crippen LogP) is 5.68. The number of rotatable bonds is 8. The lowest BCUT2D eigenvalue weighted by Gasteiger charge is -2.14. The van der Waals surface area contributed by atoms with Gasteiger partial charge in [0.05, 0.1) is 0 Å². The fourth-order valence-electron chi connectivity index (χ4n) is 3.39. The van der Waals surface area contributed by atoms with E-state index < -0.39 is 5.97 Å². The molecule has 0 fully saturated rings. The molecule has 0 radical (unpaired) electrons. The van der Waals surface area contributed by atoms with E-state index in [1.54, 1.807) is 23.1 Å². The molecule has 0 unspecified atom stereocenters. The summed E-state index contributed by atoms with van der Waals surface area (Å²) >= 11 is 3.36. The van der Waals surface area contributed by atoms with E-state index in [2.05, 4.69) is 42.0 Å². The quantitative estimate of drug-likeness (QED) is 0.328. The van der Waals surface area contributed by atoms with Crippen molar-refractivity contribution in [2.24, 2.45) is 0 Å². The molecule has 0 N–H and O–H groups in total. The summed E-state index contributed by atoms with van der Waals surface area (Å²) in [4.78, 5) is 13.2. The molecular weight excluding hydrogens is 424 g/mol. The van der Waals surface area contributed by atoms with Crippen molar-refractivity contribution in [3.63, 3.8) is 0 Å². The second-order valence-electron chi connectivity index (χ2n) is 7.05. The Kier molecular flexibility index (Phi) is 6.75. The highest BCUT2D eigenvalue weighted by atomic mass is 32.2. The fraction of sp³-hybridized carbons (Fsp3) is 0.115. The molecule has 0 saturated carbocycles. The Morgan fingerprint density at radius 3 is 2.42 bits per heavy atom. The molecule has 31 heavy (non-hydrogen) atoms. The minimum atomic E-state index is -1.07. The molecule has 0 aliphatic rings. The van der Waals surface area contributed by atoms with Gasteiger partial charge in [-0.2, -0.15) is 0 Å². The summed E-state index contributed by atoms with van der Waals surface area (Å²) in [6, 6.07) is 26.2. The van der Waals surface area contributed by atoms with Gasteiger partial charge < -0.3 is 14.6 Å². The summed E-state index contributed by atoms with van der Waals surface area (Å²) < 4.78 is 6.22. The van der Waals surface area contributed by atoms with Crippen LogP contribution >= 0.6 is 23.1 Å². The fourth-order valence-corrected chi connectivity index (χ4v) is 4.75. The summed E-state index contributed by atoms with van der Waals surface area (Å²) in [5.41, 5.74) is 5.07. The predicted molar refractivity (Wildman–Crippen MR) is 126 cm³/mol. The monoisotopic (exact) mass is 445 g/mol. The molecule has 4 aromatic rings. The number of carboxylic acid groups (broad SMARTS) is 1. The zero-order chi connectivity index (χ0) is 21.6. The van der Waals surface area contributed by atoms with Gasteiger partial charge in [-0.25, -0.2) is 0 Å². The van der Waals surface area contributed by atoms with Crippen LogP contribution in [-0.4, -0.2) is 12.2 Å². The third kappa shape index (κ3) is 5.19. The molecule has 3 aromatic carbocycles. The van der Waals surface area contributed by atoms with Crippen molar-refractivity contribution < 1.29 is 14.6 Å². The van der Waals surface area contributed by atoms with Crippen LogP contribution in [0.5, 0.6) is 5.75 Å². The lowest BCUT2D eigenvalue weighted by molar-refractivity contribution is -0.304. The number of thiophene rings is 1. The Morgan fingerprint density at radius 2 is 1.71 bits per heavy atom. The number of aliphatic carboxylic acids is 1. The third-order valence-electron chi connectivity index (χ3n) is 4.94. The van der Waals surface area contributed by atoms with Crippen LogP contribution in [0.25, 0.3) is 21.6 Å². The maximum Gasteiger partial charge on any atom is 0.127 e. The van der Waals surface area contributed by atoms with Gasteiger partial charge in [0.2, 0.25) is 0 Å². The van der Waals surface area contributed by atoms with Gasteiger partial charge in [0, 0.05) is 33.3 Å². The van der Waals surface area contributed by atoms with Crippen molar-refractivity contribution in [1.82, 2.24) is 0 Å². The van der Waals surface area contributed by atoms with Crippen LogP contribution in [0.15, 0.2) is 89.1 Å². The maximum atomic E-state index is 10.9. The summed E-state index contributed by atoms with van der Waals surface area (Å²) in [5.74, 6) is -0.228. The number of carbonyl (C=O) groups excluding carboxylic acids is 1. The molecule has 0 aliphatic heterocycles. The third-order valence-corrected chi connectivity index (χ3v) is 6.63. The van der Waals surface area contributed by atoms with Gasteiger partial charge in [-0.1, -0.05) is 54.6 Å². The van der Waals surface area contributed by atoms with Crippen LogP contribution in [0.4, 0.5) is 0 Å². The van der Waals surface area contributed by atoms with Crippen molar-refractivity contribution in [2.75, 3.05) is 6.26 Å². The lowest BCUT2D eigenvalue weighted by Crippen LogP contribution is -2.24. The molecule has 4 rings (SSSR count). The van der Waals surface area contributed by atoms with Gasteiger partial charge in [-0.3, -0.25) is 0 Å². The zero-order valence-corrected chi connectivity index (χ0v) is 18.7. The smallest absolute Gasteiger partial charge is 0.127 e. The van der Waals surface area contributed by atoms with E-state index in [0.29, 0.717) is 6.61 Å². The van der Waals surface area contributed by atoms with Crippen LogP contribution in [0.2, 0.25) is 0 Å². The van der Waals surface area contributed by atoms with E-state index in [9.17, 15) is 9.90 Å². The van der Waals surface area contributed by atoms with E-state index in [4.69, 9.17) is 4.74 Å². The highest BCUT2D eigenvalue weighted by Crippen LogP contribution is 2.42. The molecule has 156 valence electrons. The van der Waals surface area contributed by atoms with Gasteiger partial charge >= 0.3 is 0 Å². The zero-order valence-electron chi connectivity index (χ0n) is 17.0. The molecule has 0 bridgehead atoms. The lowest BCUT2D eigenvalue weighted by atomic mass is 10.0. The Balaban J connectivity index is 1.68. The molecule has 3 nitrogen and oxygen atoms in total. The molecule has 0 amide bonds. The minimum absolute atomic E-state index is 0.0786. The summed E-state index contributed by atoms with van der Waals surface area (Å²) in [6.07, 6.45) is 1.99. The summed E-state index contributed by atoms with van der Waals surface area (Å²) in [7, 11) is 0. The summed E-state index contributed by atoms with van der Waals surface area (Å²) in [6.45, 7) is 0.504. The molecule has 1 aromatic heterocycles. The molecule has 0 saturated heterocycles. The van der Waals surface area contributed by atoms with Gasteiger partial charge in [0.25, 0.3) is 0 Å².